The van der Waals surface area contributed by atoms with Crippen LogP contribution in [0.2, 0.25) is 10.0 Å². The molecule has 0 heterocycles. The number of hydrogen-bond donors (Lipinski definition) is 8. The fourth-order valence-corrected chi connectivity index (χ4v) is 6.73. The molecule has 0 bridgehead atoms. The predicted molar refractivity (Wildman–Crippen MR) is 227 cm³/mol. The van der Waals surface area contributed by atoms with Gasteiger partial charge in [-0.3, -0.25) is 38.4 Å². The standard InChI is InChI=1S/C42H53Cl2F3N6O11/c1-21(2)13-29(37(61)48-27(20-54)19-42(45,46)47)52-40(64)34(41(4,5)6)53-39(63)30(16-23-10-8-7-9-22(23)3)51-36(60)28(11-12-32(55)56)49-38(62)31(18-33(57)58)50-35(59)24-14-25(43)17-26(44)15-24/h7-10,14-15,17,20-21,27-31,34H,11-13,16,18-19H2,1-6H3,(H,48,61)(H,49,62)(H,50,59)(H,51,60)(H,52,64)(H,53,63)(H,55,56)(H,57,58)/t27?,28-,29-,30-,31-,34+/m0/s1. The number of amides is 6. The summed E-state index contributed by atoms with van der Waals surface area (Å²) in [5.41, 5.74) is -0.0618. The molecule has 0 aliphatic heterocycles. The van der Waals surface area contributed by atoms with Crippen LogP contribution in [0.5, 0.6) is 0 Å². The number of aldehydes is 1. The molecule has 6 atom stereocenters. The van der Waals surface area contributed by atoms with Crippen LogP contribution in [-0.2, 0) is 44.8 Å². The molecule has 0 radical (unpaired) electrons. The van der Waals surface area contributed by atoms with Crippen molar-refractivity contribution in [3.05, 3.63) is 69.2 Å². The van der Waals surface area contributed by atoms with E-state index in [0.717, 1.165) is 0 Å². The Balaban J connectivity index is 2.50. The highest BCUT2D eigenvalue weighted by Gasteiger charge is 2.39. The maximum absolute atomic E-state index is 14.3. The average Bonchev–Trinajstić information content (AvgIpc) is 3.16. The number of alkyl halides is 3. The van der Waals surface area contributed by atoms with Gasteiger partial charge in [-0.05, 0) is 60.4 Å². The van der Waals surface area contributed by atoms with Crippen LogP contribution < -0.4 is 31.9 Å². The lowest BCUT2D eigenvalue weighted by Gasteiger charge is -2.34. The molecule has 0 saturated heterocycles. The van der Waals surface area contributed by atoms with Gasteiger partial charge < -0.3 is 46.9 Å². The summed E-state index contributed by atoms with van der Waals surface area (Å²) in [6.45, 7) is 9.73. The molecular weight excluding hydrogens is 892 g/mol. The van der Waals surface area contributed by atoms with Crippen LogP contribution in [0.4, 0.5) is 13.2 Å². The molecule has 64 heavy (non-hydrogen) atoms. The lowest BCUT2D eigenvalue weighted by Crippen LogP contribution is -2.62. The second-order valence-corrected chi connectivity index (χ2v) is 17.4. The third kappa shape index (κ3) is 18.9. The molecule has 2 aromatic carbocycles. The molecular formula is C42H53Cl2F3N6O11. The zero-order chi connectivity index (χ0) is 48.7. The highest BCUT2D eigenvalue weighted by atomic mass is 35.5. The van der Waals surface area contributed by atoms with Gasteiger partial charge in [0.25, 0.3) is 5.91 Å². The second-order valence-electron chi connectivity index (χ2n) is 16.5. The van der Waals surface area contributed by atoms with Crippen LogP contribution in [0.25, 0.3) is 0 Å². The van der Waals surface area contributed by atoms with Crippen LogP contribution in [0.15, 0.2) is 42.5 Å². The molecule has 0 fully saturated rings. The van der Waals surface area contributed by atoms with E-state index in [0.29, 0.717) is 11.1 Å². The van der Waals surface area contributed by atoms with E-state index in [1.54, 1.807) is 65.8 Å². The van der Waals surface area contributed by atoms with Crippen molar-refractivity contribution < 1.29 is 66.5 Å². The Hall–Kier alpha value is -5.76. The van der Waals surface area contributed by atoms with Gasteiger partial charge in [0, 0.05) is 28.5 Å². The maximum Gasteiger partial charge on any atom is 0.391 e. The molecule has 0 aliphatic rings. The number of nitrogens with one attached hydrogen (secondary N) is 6. The first-order chi connectivity index (χ1) is 29.6. The molecule has 0 saturated carbocycles. The second kappa shape index (κ2) is 24.3. The SMILES string of the molecule is Cc1ccccc1C[C@H](NC(=O)[C@H](CCC(=O)O)NC(=O)[C@H](CC(=O)O)NC(=O)c1cc(Cl)cc(Cl)c1)C(=O)N[C@H](C(=O)N[C@@H](CC(C)C)C(=O)NC(C=O)CC(F)(F)F)C(C)(C)C. The summed E-state index contributed by atoms with van der Waals surface area (Å²) in [6.07, 6.45) is -9.11. The van der Waals surface area contributed by atoms with Crippen molar-refractivity contribution in [2.24, 2.45) is 11.3 Å². The van der Waals surface area contributed by atoms with E-state index in [1.165, 1.54) is 18.2 Å². The summed E-state index contributed by atoms with van der Waals surface area (Å²) >= 11 is 12.0. The zero-order valence-corrected chi connectivity index (χ0v) is 37.4. The van der Waals surface area contributed by atoms with Gasteiger partial charge >= 0.3 is 18.1 Å². The Kier molecular flexibility index (Phi) is 20.7. The van der Waals surface area contributed by atoms with E-state index in [2.05, 4.69) is 26.6 Å². The summed E-state index contributed by atoms with van der Waals surface area (Å²) in [5, 5.41) is 33.2. The molecule has 2 aromatic rings. The lowest BCUT2D eigenvalue weighted by molar-refractivity contribution is -0.147. The normalized spacial score (nSPS) is 14.4. The summed E-state index contributed by atoms with van der Waals surface area (Å²) in [6, 6.07) is 0.442. The van der Waals surface area contributed by atoms with Crippen LogP contribution in [0, 0.1) is 18.3 Å². The van der Waals surface area contributed by atoms with E-state index in [-0.39, 0.29) is 40.7 Å². The quantitative estimate of drug-likeness (QED) is 0.0746. The number of carboxylic acid groups (broad SMARTS) is 2. The van der Waals surface area contributed by atoms with Crippen molar-refractivity contribution in [2.45, 2.75) is 122 Å². The summed E-state index contributed by atoms with van der Waals surface area (Å²) in [4.78, 5) is 117. The van der Waals surface area contributed by atoms with Crippen LogP contribution >= 0.6 is 23.2 Å². The topological polar surface area (TPSA) is 266 Å². The van der Waals surface area contributed by atoms with Crippen molar-refractivity contribution >= 4 is 76.9 Å². The van der Waals surface area contributed by atoms with Gasteiger partial charge in [0.15, 0.2) is 0 Å². The summed E-state index contributed by atoms with van der Waals surface area (Å²) < 4.78 is 39.2. The van der Waals surface area contributed by atoms with E-state index in [1.807, 2.05) is 5.32 Å². The fraction of sp³-hybridized carbons (Fsp3) is 0.500. The molecule has 0 aromatic heterocycles. The minimum Gasteiger partial charge on any atom is -0.481 e. The van der Waals surface area contributed by atoms with E-state index in [4.69, 9.17) is 23.2 Å². The molecule has 8 N–H and O–H groups in total. The Morgan fingerprint density at radius 2 is 1.23 bits per heavy atom. The average molecular weight is 946 g/mol. The minimum atomic E-state index is -4.79. The first-order valence-corrected chi connectivity index (χ1v) is 20.6. The third-order valence-electron chi connectivity index (χ3n) is 9.42. The lowest BCUT2D eigenvalue weighted by atomic mass is 9.85. The molecule has 17 nitrogen and oxygen atoms in total. The Bertz CT molecular complexity index is 2030. The number of benzene rings is 2. The minimum absolute atomic E-state index is 0.0517. The highest BCUT2D eigenvalue weighted by molar-refractivity contribution is 6.35. The monoisotopic (exact) mass is 944 g/mol. The van der Waals surface area contributed by atoms with Crippen molar-refractivity contribution in [3.63, 3.8) is 0 Å². The van der Waals surface area contributed by atoms with Crippen LogP contribution in [0.1, 0.15) is 88.2 Å². The van der Waals surface area contributed by atoms with E-state index >= 15 is 0 Å². The number of rotatable bonds is 23. The van der Waals surface area contributed by atoms with Crippen molar-refractivity contribution in [1.29, 1.82) is 0 Å². The van der Waals surface area contributed by atoms with Gasteiger partial charge in [0.1, 0.15) is 36.5 Å². The summed E-state index contributed by atoms with van der Waals surface area (Å²) in [7, 11) is 0. The van der Waals surface area contributed by atoms with Crippen molar-refractivity contribution in [3.8, 4) is 0 Å². The van der Waals surface area contributed by atoms with E-state index in [9.17, 15) is 66.5 Å². The molecule has 0 aliphatic carbocycles. The molecule has 352 valence electrons. The van der Waals surface area contributed by atoms with Gasteiger partial charge in [-0.25, -0.2) is 0 Å². The molecule has 1 unspecified atom stereocenters. The Morgan fingerprint density at radius 3 is 1.75 bits per heavy atom. The first kappa shape index (κ1) is 54.4. The van der Waals surface area contributed by atoms with Gasteiger partial charge in [-0.1, -0.05) is 82.1 Å². The highest BCUT2D eigenvalue weighted by Crippen LogP contribution is 2.23. The first-order valence-electron chi connectivity index (χ1n) is 19.9. The number of carboxylic acids is 2. The van der Waals surface area contributed by atoms with Crippen LogP contribution in [0.3, 0.4) is 0 Å². The number of halogens is 5. The molecule has 22 heteroatoms. The molecule has 6 amide bonds. The number of carbonyl (C=O) groups is 9. The number of aliphatic carboxylic acids is 2. The number of carbonyl (C=O) groups excluding carboxylic acids is 7. The predicted octanol–water partition coefficient (Wildman–Crippen LogP) is 3.65. The Morgan fingerprint density at radius 1 is 0.703 bits per heavy atom. The van der Waals surface area contributed by atoms with Gasteiger partial charge in [0.2, 0.25) is 29.5 Å². The van der Waals surface area contributed by atoms with Gasteiger partial charge in [-0.2, -0.15) is 13.2 Å². The maximum atomic E-state index is 14.3. The molecule has 2 rings (SSSR count). The summed E-state index contributed by atoms with van der Waals surface area (Å²) in [5.74, 6) is -9.51. The van der Waals surface area contributed by atoms with Gasteiger partial charge in [-0.15, -0.1) is 0 Å². The van der Waals surface area contributed by atoms with Crippen molar-refractivity contribution in [2.75, 3.05) is 0 Å². The van der Waals surface area contributed by atoms with Crippen LogP contribution in [-0.4, -0.2) is 106 Å². The number of hydrogen-bond acceptors (Lipinski definition) is 9. The molecule has 0 spiro atoms. The van der Waals surface area contributed by atoms with Gasteiger partial charge in [0.05, 0.1) is 18.9 Å². The largest absolute Gasteiger partial charge is 0.481 e. The third-order valence-corrected chi connectivity index (χ3v) is 9.86. The Labute approximate surface area is 377 Å². The van der Waals surface area contributed by atoms with Crippen molar-refractivity contribution in [1.82, 2.24) is 31.9 Å². The smallest absolute Gasteiger partial charge is 0.391 e. The number of aryl methyl sites for hydroxylation is 1. The fourth-order valence-electron chi connectivity index (χ4n) is 6.20. The van der Waals surface area contributed by atoms with E-state index < -0.39 is 121 Å². The zero-order valence-electron chi connectivity index (χ0n) is 35.9.